The third kappa shape index (κ3) is 3.86. The Labute approximate surface area is 114 Å². The Balaban J connectivity index is 0.000000397. The van der Waals surface area contributed by atoms with Gasteiger partial charge >= 0.3 is 40.2 Å². The van der Waals surface area contributed by atoms with Gasteiger partial charge in [-0.3, -0.25) is 9.59 Å². The first-order valence-electron chi connectivity index (χ1n) is 3.65. The molecule has 1 N–H and O–H groups in total. The topological polar surface area (TPSA) is 97.4 Å². The Bertz CT molecular complexity index is 517. The molecule has 78 valence electrons. The number of hydrogen-bond donors (Lipinski definition) is 1. The molecule has 0 saturated carbocycles. The summed E-state index contributed by atoms with van der Waals surface area (Å²) >= 11 is 0. The van der Waals surface area contributed by atoms with E-state index in [1.807, 2.05) is 0 Å². The van der Waals surface area contributed by atoms with Crippen LogP contribution >= 0.6 is 0 Å². The fourth-order valence-electron chi connectivity index (χ4n) is 1.03. The number of hydrogen-bond acceptors (Lipinski definition) is 5. The zero-order valence-electron chi connectivity index (χ0n) is 8.18. The first-order valence-corrected chi connectivity index (χ1v) is 4.65. The second-order valence-corrected chi connectivity index (χ2v) is 2.87. The molecule has 1 aliphatic heterocycles. The number of ketones is 1. The molecule has 16 heavy (non-hydrogen) atoms. The predicted octanol–water partition coefficient (Wildman–Crippen LogP) is -3.38. The van der Waals surface area contributed by atoms with E-state index in [0.717, 1.165) is 0 Å². The molecule has 2 rings (SSSR count). The number of carbonyl (C=O) groups excluding carboxylic acids is 2. The number of benzene rings is 1. The van der Waals surface area contributed by atoms with Crippen LogP contribution in [0.5, 0.6) is 0 Å². The Kier molecular flexibility index (Phi) is 6.12. The third-order valence-corrected chi connectivity index (χ3v) is 1.56. The molecule has 0 unspecified atom stereocenters. The number of amides is 1. The van der Waals surface area contributed by atoms with E-state index in [1.165, 1.54) is 6.07 Å². The van der Waals surface area contributed by atoms with Crippen LogP contribution in [0.15, 0.2) is 18.2 Å². The molecule has 1 aliphatic rings. The molecule has 1 aromatic rings. The molecular weight excluding hydrogens is 245 g/mol. The summed E-state index contributed by atoms with van der Waals surface area (Å²) in [4.78, 5) is 21.7. The molecule has 1 heterocycles. The molecule has 0 radical (unpaired) electrons. The molecule has 6 nitrogen and oxygen atoms in total. The van der Waals surface area contributed by atoms with Crippen molar-refractivity contribution in [3.05, 3.63) is 29.8 Å². The smallest absolute Gasteiger partial charge is 0.343 e. The summed E-state index contributed by atoms with van der Waals surface area (Å²) in [5.41, 5.74) is 0.997. The first-order chi connectivity index (χ1) is 7.02. The van der Waals surface area contributed by atoms with Crippen molar-refractivity contribution >= 4 is 28.0 Å². The Morgan fingerprint density at radius 1 is 1.19 bits per heavy atom. The molecule has 0 fully saturated rings. The van der Waals surface area contributed by atoms with Gasteiger partial charge in [0.15, 0.2) is 5.78 Å². The maximum atomic E-state index is 11.0. The molecular formula is C8H4NNaO5S. The van der Waals surface area contributed by atoms with Gasteiger partial charge in [0.25, 0.3) is 5.91 Å². The molecule has 0 aliphatic carbocycles. The van der Waals surface area contributed by atoms with Crippen molar-refractivity contribution in [2.75, 3.05) is 5.32 Å². The number of nitrogens with one attached hydrogen (secondary N) is 1. The van der Waals surface area contributed by atoms with Crippen LogP contribution in [-0.2, 0) is 15.4 Å². The van der Waals surface area contributed by atoms with E-state index in [0.29, 0.717) is 11.3 Å². The van der Waals surface area contributed by atoms with Crippen molar-refractivity contribution in [3.63, 3.8) is 0 Å². The predicted molar refractivity (Wildman–Crippen MR) is 47.9 cm³/mol. The van der Waals surface area contributed by atoms with Gasteiger partial charge in [0.2, 0.25) is 0 Å². The Morgan fingerprint density at radius 2 is 1.75 bits per heavy atom. The molecule has 0 saturated heterocycles. The number of anilines is 1. The van der Waals surface area contributed by atoms with E-state index in [4.69, 9.17) is 12.6 Å². The summed E-state index contributed by atoms with van der Waals surface area (Å²) in [7, 11) is -3.11. The molecule has 1 aromatic carbocycles. The maximum absolute atomic E-state index is 11.0. The fraction of sp³-hybridized carbons (Fsp3) is 0. The van der Waals surface area contributed by atoms with Gasteiger partial charge in [0.05, 0.1) is 0 Å². The third-order valence-electron chi connectivity index (χ3n) is 1.56. The van der Waals surface area contributed by atoms with Crippen LogP contribution in [0.4, 0.5) is 5.69 Å². The van der Waals surface area contributed by atoms with Crippen LogP contribution in [0.25, 0.3) is 0 Å². The van der Waals surface area contributed by atoms with Gasteiger partial charge in [-0.05, 0) is 0 Å². The average molecular weight is 249 g/mol. The minimum atomic E-state index is -3.11. The Hall–Kier alpha value is -1.02. The van der Waals surface area contributed by atoms with Crippen molar-refractivity contribution in [2.45, 2.75) is 0 Å². The molecule has 1 amide bonds. The monoisotopic (exact) mass is 249 g/mol. The standard InChI is InChI=1S/C8H4NO2.Na.O3S/c10-7-5-3-1-2-4-6(5)9-8(7)11;;1-4(2)3/h2-4H,(H,9,10,11);;/q-1;+1;. The minimum Gasteiger partial charge on any atom is -0.343 e. The van der Waals surface area contributed by atoms with E-state index < -0.39 is 22.3 Å². The molecule has 0 atom stereocenters. The van der Waals surface area contributed by atoms with Crippen molar-refractivity contribution in [1.82, 2.24) is 0 Å². The SMILES string of the molecule is O=C1Nc2cc[c-]cc2C1=O.O=S(=O)=O.[Na+]. The van der Waals surface area contributed by atoms with Gasteiger partial charge in [-0.15, -0.1) is 18.7 Å². The van der Waals surface area contributed by atoms with E-state index in [-0.39, 0.29) is 29.6 Å². The second kappa shape index (κ2) is 6.54. The summed E-state index contributed by atoms with van der Waals surface area (Å²) in [6.45, 7) is 0. The minimum absolute atomic E-state index is 0. The van der Waals surface area contributed by atoms with Crippen molar-refractivity contribution in [3.8, 4) is 0 Å². The van der Waals surface area contributed by atoms with Crippen molar-refractivity contribution in [2.24, 2.45) is 0 Å². The molecule has 8 heteroatoms. The quantitative estimate of drug-likeness (QED) is 0.294. The van der Waals surface area contributed by atoms with Crippen LogP contribution in [0.2, 0.25) is 0 Å². The van der Waals surface area contributed by atoms with Crippen molar-refractivity contribution < 1.29 is 51.8 Å². The maximum Gasteiger partial charge on any atom is 1.00 e. The van der Waals surface area contributed by atoms with Crippen LogP contribution in [0.3, 0.4) is 0 Å². The second-order valence-electron chi connectivity index (χ2n) is 2.46. The number of rotatable bonds is 0. The van der Waals surface area contributed by atoms with Gasteiger partial charge in [0, 0.05) is 0 Å². The van der Waals surface area contributed by atoms with E-state index in [9.17, 15) is 9.59 Å². The van der Waals surface area contributed by atoms with E-state index in [1.54, 1.807) is 12.1 Å². The zero-order chi connectivity index (χ0) is 11.4. The van der Waals surface area contributed by atoms with Crippen molar-refractivity contribution in [1.29, 1.82) is 0 Å². The molecule has 0 aromatic heterocycles. The van der Waals surface area contributed by atoms with Crippen LogP contribution < -0.4 is 34.9 Å². The van der Waals surface area contributed by atoms with Gasteiger partial charge in [-0.25, -0.2) is 0 Å². The number of carbonyl (C=O) groups is 2. The van der Waals surface area contributed by atoms with Crippen LogP contribution in [-0.4, -0.2) is 24.3 Å². The number of Topliss-reactive ketones (excluding diaryl/α,β-unsaturated/α-hetero) is 1. The van der Waals surface area contributed by atoms with E-state index in [2.05, 4.69) is 11.4 Å². The molecule has 0 spiro atoms. The largest absolute Gasteiger partial charge is 1.00 e. The van der Waals surface area contributed by atoms with Crippen LogP contribution in [0.1, 0.15) is 10.4 Å². The summed E-state index contributed by atoms with van der Waals surface area (Å²) in [5.74, 6) is -1.03. The van der Waals surface area contributed by atoms with Gasteiger partial charge in [-0.1, -0.05) is 11.3 Å². The van der Waals surface area contributed by atoms with E-state index >= 15 is 0 Å². The van der Waals surface area contributed by atoms with Crippen LogP contribution in [0, 0.1) is 6.07 Å². The fourth-order valence-corrected chi connectivity index (χ4v) is 1.03. The average Bonchev–Trinajstić information content (AvgIpc) is 2.43. The molecule has 0 bridgehead atoms. The van der Waals surface area contributed by atoms with Gasteiger partial charge in [0.1, 0.15) is 0 Å². The summed E-state index contributed by atoms with van der Waals surface area (Å²) in [5, 5.41) is 2.44. The van der Waals surface area contributed by atoms with Gasteiger partial charge < -0.3 is 5.32 Å². The zero-order valence-corrected chi connectivity index (χ0v) is 11.0. The van der Waals surface area contributed by atoms with Gasteiger partial charge in [-0.2, -0.15) is 18.2 Å². The Morgan fingerprint density at radius 3 is 2.25 bits per heavy atom. The summed E-state index contributed by atoms with van der Waals surface area (Å²) < 4.78 is 25.3. The normalized spacial score (nSPS) is 11.5. The summed E-state index contributed by atoms with van der Waals surface area (Å²) in [6.07, 6.45) is 0. The first kappa shape index (κ1) is 15.0. The summed E-state index contributed by atoms with van der Waals surface area (Å²) in [6, 6.07) is 7.54. The number of fused-ring (bicyclic) bond motifs is 1.